The maximum atomic E-state index is 12.9. The van der Waals surface area contributed by atoms with Crippen LogP contribution in [0.4, 0.5) is 4.79 Å². The lowest BCUT2D eigenvalue weighted by Gasteiger charge is -2.21. The van der Waals surface area contributed by atoms with E-state index in [1.165, 1.54) is 0 Å². The number of Topliss-reactive ketones (excluding diaryl/α,β-unsaturated/α-hetero) is 1. The second kappa shape index (κ2) is 8.69. The number of ether oxygens (including phenoxy) is 1. The molecule has 0 aliphatic carbocycles. The van der Waals surface area contributed by atoms with E-state index in [0.717, 1.165) is 21.8 Å². The van der Waals surface area contributed by atoms with Gasteiger partial charge in [-0.15, -0.1) is 0 Å². The van der Waals surface area contributed by atoms with Gasteiger partial charge in [-0.3, -0.25) is 14.5 Å². The van der Waals surface area contributed by atoms with Gasteiger partial charge in [-0.2, -0.15) is 0 Å². The third kappa shape index (κ3) is 4.53. The van der Waals surface area contributed by atoms with E-state index in [2.05, 4.69) is 19.2 Å². The van der Waals surface area contributed by atoms with Gasteiger partial charge in [-0.05, 0) is 48.9 Å². The van der Waals surface area contributed by atoms with Crippen LogP contribution in [0.2, 0.25) is 0 Å². The summed E-state index contributed by atoms with van der Waals surface area (Å²) in [6.45, 7) is 5.61. The number of nitrogens with one attached hydrogen (secondary N) is 1. The largest absolute Gasteiger partial charge is 0.497 e. The van der Waals surface area contributed by atoms with Gasteiger partial charge in [0.1, 0.15) is 11.3 Å². The van der Waals surface area contributed by atoms with E-state index < -0.39 is 11.6 Å². The molecular formula is C24H28N2O4. The predicted molar refractivity (Wildman–Crippen MR) is 115 cm³/mol. The monoisotopic (exact) mass is 408 g/mol. The summed E-state index contributed by atoms with van der Waals surface area (Å²) < 4.78 is 5.15. The highest BCUT2D eigenvalue weighted by atomic mass is 16.5. The van der Waals surface area contributed by atoms with Gasteiger partial charge in [-0.25, -0.2) is 4.79 Å². The number of methoxy groups -OCH3 is 1. The van der Waals surface area contributed by atoms with Crippen LogP contribution in [0.25, 0.3) is 0 Å². The van der Waals surface area contributed by atoms with Crippen LogP contribution in [-0.4, -0.2) is 41.8 Å². The SMILES string of the molecule is COc1ccc(CC[C@]2(C)NC(=O)N(CC(=O)c3ccc(C(C)C)cc3)C2=O)cc1. The van der Waals surface area contributed by atoms with Gasteiger partial charge in [0.25, 0.3) is 5.91 Å². The van der Waals surface area contributed by atoms with Crippen molar-refractivity contribution in [2.75, 3.05) is 13.7 Å². The third-order valence-corrected chi connectivity index (χ3v) is 5.62. The maximum absolute atomic E-state index is 12.9. The van der Waals surface area contributed by atoms with Crippen LogP contribution >= 0.6 is 0 Å². The minimum Gasteiger partial charge on any atom is -0.497 e. The van der Waals surface area contributed by atoms with E-state index in [4.69, 9.17) is 4.74 Å². The Morgan fingerprint density at radius 1 is 1.07 bits per heavy atom. The quantitative estimate of drug-likeness (QED) is 0.530. The van der Waals surface area contributed by atoms with Gasteiger partial charge in [0.15, 0.2) is 5.78 Å². The molecule has 3 amide bonds. The summed E-state index contributed by atoms with van der Waals surface area (Å²) in [7, 11) is 1.61. The Balaban J connectivity index is 1.64. The Morgan fingerprint density at radius 2 is 1.70 bits per heavy atom. The number of imide groups is 1. The van der Waals surface area contributed by atoms with Gasteiger partial charge < -0.3 is 10.1 Å². The maximum Gasteiger partial charge on any atom is 0.325 e. The van der Waals surface area contributed by atoms with Crippen molar-refractivity contribution in [1.29, 1.82) is 0 Å². The first-order valence-corrected chi connectivity index (χ1v) is 10.1. The molecule has 0 aromatic heterocycles. The average Bonchev–Trinajstić information content (AvgIpc) is 2.96. The highest BCUT2D eigenvalue weighted by Crippen LogP contribution is 2.24. The number of rotatable bonds is 8. The smallest absolute Gasteiger partial charge is 0.325 e. The molecule has 2 aromatic rings. The van der Waals surface area contributed by atoms with Crippen LogP contribution in [0, 0.1) is 0 Å². The standard InChI is InChI=1S/C24H28N2O4/c1-16(2)18-7-9-19(10-8-18)21(27)15-26-22(28)24(3,25-23(26)29)14-13-17-5-11-20(30-4)12-6-17/h5-12,16H,13-15H2,1-4H3,(H,25,29)/t24-/m0/s1. The fourth-order valence-electron chi connectivity index (χ4n) is 3.54. The van der Waals surface area contributed by atoms with E-state index in [1.54, 1.807) is 26.2 Å². The third-order valence-electron chi connectivity index (χ3n) is 5.62. The Bertz CT molecular complexity index is 935. The molecule has 2 aromatic carbocycles. The van der Waals surface area contributed by atoms with Crippen molar-refractivity contribution >= 4 is 17.7 Å². The van der Waals surface area contributed by atoms with E-state index in [0.29, 0.717) is 24.3 Å². The van der Waals surface area contributed by atoms with Gasteiger partial charge in [0.2, 0.25) is 0 Å². The Kier molecular flexibility index (Phi) is 6.25. The summed E-state index contributed by atoms with van der Waals surface area (Å²) in [4.78, 5) is 39.0. The van der Waals surface area contributed by atoms with Crippen molar-refractivity contribution in [2.45, 2.75) is 45.1 Å². The molecule has 1 atom stereocenters. The molecule has 1 N–H and O–H groups in total. The summed E-state index contributed by atoms with van der Waals surface area (Å²) >= 11 is 0. The van der Waals surface area contributed by atoms with Crippen molar-refractivity contribution in [1.82, 2.24) is 10.2 Å². The second-order valence-corrected chi connectivity index (χ2v) is 8.20. The van der Waals surface area contributed by atoms with Crippen molar-refractivity contribution in [3.05, 3.63) is 65.2 Å². The average molecular weight is 408 g/mol. The zero-order valence-corrected chi connectivity index (χ0v) is 17.9. The number of ketones is 1. The zero-order chi connectivity index (χ0) is 21.9. The lowest BCUT2D eigenvalue weighted by Crippen LogP contribution is -2.44. The first-order chi connectivity index (χ1) is 14.2. The van der Waals surface area contributed by atoms with E-state index in [-0.39, 0.29) is 18.2 Å². The second-order valence-electron chi connectivity index (χ2n) is 8.20. The van der Waals surface area contributed by atoms with Crippen molar-refractivity contribution in [3.63, 3.8) is 0 Å². The highest BCUT2D eigenvalue weighted by Gasteiger charge is 2.47. The first kappa shape index (κ1) is 21.6. The molecule has 0 unspecified atom stereocenters. The molecule has 1 saturated heterocycles. The van der Waals surface area contributed by atoms with Gasteiger partial charge >= 0.3 is 6.03 Å². The molecule has 158 valence electrons. The molecule has 0 saturated carbocycles. The molecule has 0 spiro atoms. The van der Waals surface area contributed by atoms with Crippen molar-refractivity contribution in [2.24, 2.45) is 0 Å². The van der Waals surface area contributed by atoms with Crippen LogP contribution < -0.4 is 10.1 Å². The molecule has 0 bridgehead atoms. The molecule has 1 aliphatic rings. The number of carbonyl (C=O) groups excluding carboxylic acids is 3. The molecule has 1 heterocycles. The van der Waals surface area contributed by atoms with E-state index in [9.17, 15) is 14.4 Å². The van der Waals surface area contributed by atoms with Crippen LogP contribution in [0.15, 0.2) is 48.5 Å². The molecule has 6 heteroatoms. The van der Waals surface area contributed by atoms with Crippen LogP contribution in [0.3, 0.4) is 0 Å². The number of amides is 3. The molecule has 0 radical (unpaired) electrons. The van der Waals surface area contributed by atoms with Gasteiger partial charge in [0.05, 0.1) is 13.7 Å². The Morgan fingerprint density at radius 3 is 2.27 bits per heavy atom. The van der Waals surface area contributed by atoms with Crippen molar-refractivity contribution < 1.29 is 19.1 Å². The first-order valence-electron chi connectivity index (χ1n) is 10.1. The van der Waals surface area contributed by atoms with Crippen LogP contribution in [-0.2, 0) is 11.2 Å². The Hall–Kier alpha value is -3.15. The Labute approximate surface area is 177 Å². The van der Waals surface area contributed by atoms with Crippen LogP contribution in [0.5, 0.6) is 5.75 Å². The summed E-state index contributed by atoms with van der Waals surface area (Å²) in [5.74, 6) is 0.509. The number of hydrogen-bond acceptors (Lipinski definition) is 4. The number of nitrogens with zero attached hydrogens (tertiary/aromatic N) is 1. The topological polar surface area (TPSA) is 75.7 Å². The highest BCUT2D eigenvalue weighted by molar-refractivity contribution is 6.11. The lowest BCUT2D eigenvalue weighted by atomic mass is 9.93. The van der Waals surface area contributed by atoms with E-state index in [1.807, 2.05) is 36.4 Å². The normalized spacial score (nSPS) is 18.6. The summed E-state index contributed by atoms with van der Waals surface area (Å²) in [5.41, 5.74) is 1.64. The van der Waals surface area contributed by atoms with Gasteiger partial charge in [-0.1, -0.05) is 50.2 Å². The number of urea groups is 1. The number of hydrogen-bond donors (Lipinski definition) is 1. The minimum absolute atomic E-state index is 0.256. The summed E-state index contributed by atoms with van der Waals surface area (Å²) in [6.07, 6.45) is 1.06. The number of carbonyl (C=O) groups is 3. The van der Waals surface area contributed by atoms with Crippen LogP contribution in [0.1, 0.15) is 54.6 Å². The lowest BCUT2D eigenvalue weighted by molar-refractivity contribution is -0.130. The van der Waals surface area contributed by atoms with E-state index >= 15 is 0 Å². The number of benzene rings is 2. The van der Waals surface area contributed by atoms with Crippen molar-refractivity contribution in [3.8, 4) is 5.75 Å². The molecular weight excluding hydrogens is 380 g/mol. The molecule has 1 aliphatic heterocycles. The van der Waals surface area contributed by atoms with Gasteiger partial charge in [0, 0.05) is 5.56 Å². The predicted octanol–water partition coefficient (Wildman–Crippen LogP) is 3.94. The fourth-order valence-corrected chi connectivity index (χ4v) is 3.54. The summed E-state index contributed by atoms with van der Waals surface area (Å²) in [6, 6.07) is 14.4. The number of aryl methyl sites for hydroxylation is 1. The minimum atomic E-state index is -1.03. The molecule has 1 fully saturated rings. The molecule has 6 nitrogen and oxygen atoms in total. The fraction of sp³-hybridized carbons (Fsp3) is 0.375. The molecule has 3 rings (SSSR count). The zero-order valence-electron chi connectivity index (χ0n) is 17.9. The summed E-state index contributed by atoms with van der Waals surface area (Å²) in [5, 5.41) is 2.76. The molecule has 30 heavy (non-hydrogen) atoms.